The van der Waals surface area contributed by atoms with Gasteiger partial charge in [-0.05, 0) is 31.2 Å². The molecule has 2 N–H and O–H groups in total. The maximum atomic E-state index is 12.1. The fraction of sp³-hybridized carbons (Fsp3) is 0.0556. The average molecular weight is 322 g/mol. The predicted octanol–water partition coefficient (Wildman–Crippen LogP) is 2.18. The van der Waals surface area contributed by atoms with E-state index in [-0.39, 0.29) is 5.56 Å². The van der Waals surface area contributed by atoms with Gasteiger partial charge in [0.15, 0.2) is 0 Å². The number of carbonyl (C=O) groups excluding carboxylic acids is 2. The Balaban J connectivity index is 1.75. The molecule has 0 bridgehead atoms. The third-order valence-corrected chi connectivity index (χ3v) is 3.49. The van der Waals surface area contributed by atoms with Gasteiger partial charge in [0.05, 0.1) is 0 Å². The number of carbonyl (C=O) groups is 2. The number of aryl methyl sites for hydroxylation is 1. The SMILES string of the molecule is Cc1ccc(C(=O)NNC(=O)c2cc3ccccc3oc2=O)cc1. The van der Waals surface area contributed by atoms with Gasteiger partial charge in [0, 0.05) is 10.9 Å². The molecule has 0 atom stereocenters. The van der Waals surface area contributed by atoms with Crippen molar-refractivity contribution in [2.75, 3.05) is 0 Å². The van der Waals surface area contributed by atoms with E-state index in [0.29, 0.717) is 16.5 Å². The van der Waals surface area contributed by atoms with Crippen molar-refractivity contribution in [1.82, 2.24) is 10.9 Å². The van der Waals surface area contributed by atoms with Crippen LogP contribution >= 0.6 is 0 Å². The molecule has 0 aliphatic heterocycles. The highest BCUT2D eigenvalue weighted by Crippen LogP contribution is 2.12. The van der Waals surface area contributed by atoms with Crippen LogP contribution in [0.3, 0.4) is 0 Å². The summed E-state index contributed by atoms with van der Waals surface area (Å²) in [5, 5.41) is 0.618. The largest absolute Gasteiger partial charge is 0.422 e. The van der Waals surface area contributed by atoms with Crippen molar-refractivity contribution in [3.8, 4) is 0 Å². The van der Waals surface area contributed by atoms with Crippen LogP contribution in [-0.2, 0) is 0 Å². The summed E-state index contributed by atoms with van der Waals surface area (Å²) >= 11 is 0. The Hall–Kier alpha value is -3.41. The van der Waals surface area contributed by atoms with Gasteiger partial charge in [-0.1, -0.05) is 35.9 Å². The lowest BCUT2D eigenvalue weighted by Crippen LogP contribution is -2.43. The summed E-state index contributed by atoms with van der Waals surface area (Å²) in [7, 11) is 0. The minimum atomic E-state index is -0.768. The second-order valence-electron chi connectivity index (χ2n) is 5.26. The Morgan fingerprint density at radius 1 is 0.917 bits per heavy atom. The topological polar surface area (TPSA) is 88.4 Å². The number of benzene rings is 2. The monoisotopic (exact) mass is 322 g/mol. The summed E-state index contributed by atoms with van der Waals surface area (Å²) in [6, 6.07) is 15.1. The molecule has 1 aromatic heterocycles. The molecular weight excluding hydrogens is 308 g/mol. The van der Waals surface area contributed by atoms with E-state index in [1.807, 2.05) is 6.92 Å². The second kappa shape index (κ2) is 6.37. The van der Waals surface area contributed by atoms with E-state index in [2.05, 4.69) is 10.9 Å². The Morgan fingerprint density at radius 3 is 2.33 bits per heavy atom. The molecule has 0 fully saturated rings. The summed E-state index contributed by atoms with van der Waals surface area (Å²) in [6.07, 6.45) is 0. The fourth-order valence-electron chi connectivity index (χ4n) is 2.18. The van der Waals surface area contributed by atoms with Crippen LogP contribution < -0.4 is 16.5 Å². The normalized spacial score (nSPS) is 10.4. The number of nitrogens with one attached hydrogen (secondary N) is 2. The molecule has 0 saturated heterocycles. The van der Waals surface area contributed by atoms with Gasteiger partial charge < -0.3 is 4.42 Å². The minimum absolute atomic E-state index is 0.182. The van der Waals surface area contributed by atoms with Gasteiger partial charge in [-0.25, -0.2) is 4.79 Å². The number of fused-ring (bicyclic) bond motifs is 1. The molecule has 6 heteroatoms. The quantitative estimate of drug-likeness (QED) is 0.559. The molecule has 24 heavy (non-hydrogen) atoms. The smallest absolute Gasteiger partial charge is 0.349 e. The Labute approximate surface area is 137 Å². The molecule has 0 aliphatic rings. The lowest BCUT2D eigenvalue weighted by Gasteiger charge is -2.07. The Kier molecular flexibility index (Phi) is 4.11. The van der Waals surface area contributed by atoms with Crippen molar-refractivity contribution in [2.24, 2.45) is 0 Å². The maximum Gasteiger partial charge on any atom is 0.349 e. The van der Waals surface area contributed by atoms with E-state index in [0.717, 1.165) is 5.56 Å². The second-order valence-corrected chi connectivity index (χ2v) is 5.26. The molecule has 120 valence electrons. The van der Waals surface area contributed by atoms with E-state index < -0.39 is 17.4 Å². The standard InChI is InChI=1S/C18H14N2O4/c1-11-6-8-12(9-7-11)16(21)19-20-17(22)14-10-13-4-2-3-5-15(13)24-18(14)23/h2-10H,1H3,(H,19,21)(H,20,22). The van der Waals surface area contributed by atoms with Crippen molar-refractivity contribution >= 4 is 22.8 Å². The van der Waals surface area contributed by atoms with Crippen LogP contribution in [0.5, 0.6) is 0 Å². The predicted molar refractivity (Wildman–Crippen MR) is 88.6 cm³/mol. The summed E-state index contributed by atoms with van der Waals surface area (Å²) < 4.78 is 5.09. The molecule has 2 amide bonds. The van der Waals surface area contributed by atoms with Crippen LogP contribution in [0, 0.1) is 6.92 Å². The lowest BCUT2D eigenvalue weighted by atomic mass is 10.1. The van der Waals surface area contributed by atoms with Crippen molar-refractivity contribution in [3.63, 3.8) is 0 Å². The summed E-state index contributed by atoms with van der Waals surface area (Å²) in [4.78, 5) is 36.0. The Morgan fingerprint density at radius 2 is 1.58 bits per heavy atom. The van der Waals surface area contributed by atoms with Crippen LogP contribution in [0.2, 0.25) is 0 Å². The molecule has 1 heterocycles. The van der Waals surface area contributed by atoms with E-state index >= 15 is 0 Å². The number of rotatable bonds is 2. The fourth-order valence-corrected chi connectivity index (χ4v) is 2.18. The van der Waals surface area contributed by atoms with Crippen LogP contribution in [0.1, 0.15) is 26.3 Å². The van der Waals surface area contributed by atoms with E-state index in [4.69, 9.17) is 4.42 Å². The van der Waals surface area contributed by atoms with Crippen LogP contribution in [0.4, 0.5) is 0 Å². The zero-order valence-corrected chi connectivity index (χ0v) is 12.8. The van der Waals surface area contributed by atoms with Crippen LogP contribution in [-0.4, -0.2) is 11.8 Å². The molecule has 0 unspecified atom stereocenters. The number of hydrogen-bond acceptors (Lipinski definition) is 4. The lowest BCUT2D eigenvalue weighted by molar-refractivity contribution is 0.0844. The van der Waals surface area contributed by atoms with Gasteiger partial charge in [0.1, 0.15) is 11.1 Å². The molecule has 2 aromatic carbocycles. The van der Waals surface area contributed by atoms with E-state index in [1.165, 1.54) is 6.07 Å². The van der Waals surface area contributed by atoms with Crippen LogP contribution in [0.15, 0.2) is 63.8 Å². The molecule has 0 spiro atoms. The first-order valence-electron chi connectivity index (χ1n) is 7.25. The van der Waals surface area contributed by atoms with Gasteiger partial charge in [-0.3, -0.25) is 20.4 Å². The van der Waals surface area contributed by atoms with Crippen molar-refractivity contribution in [3.05, 3.63) is 81.7 Å². The highest BCUT2D eigenvalue weighted by molar-refractivity contribution is 6.00. The summed E-state index contributed by atoms with van der Waals surface area (Å²) in [6.45, 7) is 1.91. The first-order chi connectivity index (χ1) is 11.5. The van der Waals surface area contributed by atoms with E-state index in [9.17, 15) is 14.4 Å². The van der Waals surface area contributed by atoms with Gasteiger partial charge in [0.2, 0.25) is 0 Å². The number of hydrazine groups is 1. The summed E-state index contributed by atoms with van der Waals surface area (Å²) in [5.41, 5.74) is 5.35. The van der Waals surface area contributed by atoms with Gasteiger partial charge in [-0.2, -0.15) is 0 Å². The van der Waals surface area contributed by atoms with Crippen molar-refractivity contribution in [2.45, 2.75) is 6.92 Å². The zero-order valence-electron chi connectivity index (χ0n) is 12.8. The van der Waals surface area contributed by atoms with Crippen LogP contribution in [0.25, 0.3) is 11.0 Å². The van der Waals surface area contributed by atoms with Gasteiger partial charge >= 0.3 is 5.63 Å². The van der Waals surface area contributed by atoms with Crippen molar-refractivity contribution < 1.29 is 14.0 Å². The van der Waals surface area contributed by atoms with Gasteiger partial charge in [0.25, 0.3) is 11.8 Å². The highest BCUT2D eigenvalue weighted by atomic mass is 16.4. The number of amides is 2. The maximum absolute atomic E-state index is 12.1. The molecule has 0 saturated carbocycles. The third kappa shape index (κ3) is 3.17. The number of para-hydroxylation sites is 1. The first-order valence-corrected chi connectivity index (χ1v) is 7.25. The molecular formula is C18H14N2O4. The van der Waals surface area contributed by atoms with Gasteiger partial charge in [-0.15, -0.1) is 0 Å². The van der Waals surface area contributed by atoms with E-state index in [1.54, 1.807) is 48.5 Å². The molecule has 3 rings (SSSR count). The summed E-state index contributed by atoms with van der Waals surface area (Å²) in [5.74, 6) is -1.22. The molecule has 6 nitrogen and oxygen atoms in total. The molecule has 0 aliphatic carbocycles. The molecule has 3 aromatic rings. The third-order valence-electron chi connectivity index (χ3n) is 3.49. The highest BCUT2D eigenvalue weighted by Gasteiger charge is 2.14. The average Bonchev–Trinajstić information content (AvgIpc) is 2.59. The van der Waals surface area contributed by atoms with Crippen molar-refractivity contribution in [1.29, 1.82) is 0 Å². The number of hydrogen-bond donors (Lipinski definition) is 2. The zero-order chi connectivity index (χ0) is 17.1. The first kappa shape index (κ1) is 15.5. The minimum Gasteiger partial charge on any atom is -0.422 e. The molecule has 0 radical (unpaired) electrons. The Bertz CT molecular complexity index is 974.